The topological polar surface area (TPSA) is 26.0 Å². The molecular weight excluding hydrogens is 218 g/mol. The van der Waals surface area contributed by atoms with Crippen molar-refractivity contribution in [1.29, 1.82) is 0 Å². The summed E-state index contributed by atoms with van der Waals surface area (Å²) in [6, 6.07) is 0. The summed E-state index contributed by atoms with van der Waals surface area (Å²) in [5.74, 6) is 5.39. The fourth-order valence-corrected chi connectivity index (χ4v) is 6.70. The minimum Gasteiger partial charge on any atom is -0.330 e. The second-order valence-corrected chi connectivity index (χ2v) is 8.15. The molecule has 0 aromatic heterocycles. The van der Waals surface area contributed by atoms with E-state index in [2.05, 4.69) is 0 Å². The second kappa shape index (κ2) is 4.23. The zero-order valence-corrected chi connectivity index (χ0v) is 11.7. The van der Waals surface area contributed by atoms with Crippen LogP contribution < -0.4 is 5.73 Å². The van der Waals surface area contributed by atoms with Crippen molar-refractivity contribution in [1.82, 2.24) is 0 Å². The first-order chi connectivity index (χ1) is 8.79. The van der Waals surface area contributed by atoms with Crippen LogP contribution in [0.3, 0.4) is 0 Å². The van der Waals surface area contributed by atoms with Crippen LogP contribution in [0.2, 0.25) is 0 Å². The highest BCUT2D eigenvalue weighted by atomic mass is 14.6. The SMILES string of the molecule is NCCC(C1CCC1)C12CC3CC(CC(C3)C1)C2. The van der Waals surface area contributed by atoms with E-state index >= 15 is 0 Å². The third kappa shape index (κ3) is 1.69. The van der Waals surface area contributed by atoms with Crippen molar-refractivity contribution < 1.29 is 0 Å². The molecule has 0 aromatic carbocycles. The molecule has 5 aliphatic carbocycles. The minimum absolute atomic E-state index is 0.763. The first-order valence-corrected chi connectivity index (χ1v) is 8.49. The number of rotatable bonds is 4. The van der Waals surface area contributed by atoms with E-state index in [0.717, 1.165) is 41.5 Å². The minimum atomic E-state index is 0.763. The molecule has 1 unspecified atom stereocenters. The summed E-state index contributed by atoms with van der Waals surface area (Å²) in [5.41, 5.74) is 6.73. The summed E-state index contributed by atoms with van der Waals surface area (Å²) in [5, 5.41) is 0. The van der Waals surface area contributed by atoms with Gasteiger partial charge in [0.15, 0.2) is 0 Å². The second-order valence-electron chi connectivity index (χ2n) is 8.15. The summed E-state index contributed by atoms with van der Waals surface area (Å²) in [6.07, 6.45) is 15.4. The van der Waals surface area contributed by atoms with Crippen molar-refractivity contribution in [2.75, 3.05) is 6.54 Å². The molecule has 18 heavy (non-hydrogen) atoms. The van der Waals surface area contributed by atoms with Crippen LogP contribution in [0.15, 0.2) is 0 Å². The molecular formula is C17H29N. The van der Waals surface area contributed by atoms with Crippen LogP contribution in [0.1, 0.15) is 64.2 Å². The van der Waals surface area contributed by atoms with Gasteiger partial charge in [0.2, 0.25) is 0 Å². The Morgan fingerprint density at radius 2 is 1.50 bits per heavy atom. The van der Waals surface area contributed by atoms with Crippen molar-refractivity contribution in [2.24, 2.45) is 40.7 Å². The molecule has 1 atom stereocenters. The summed E-state index contributed by atoms with van der Waals surface area (Å²) >= 11 is 0. The molecule has 0 radical (unpaired) electrons. The van der Waals surface area contributed by atoms with Gasteiger partial charge >= 0.3 is 0 Å². The molecule has 4 bridgehead atoms. The monoisotopic (exact) mass is 247 g/mol. The Hall–Kier alpha value is -0.0400. The highest BCUT2D eigenvalue weighted by molar-refractivity contribution is 5.05. The van der Waals surface area contributed by atoms with E-state index in [1.54, 1.807) is 38.5 Å². The molecule has 0 saturated heterocycles. The van der Waals surface area contributed by atoms with Gasteiger partial charge in [-0.2, -0.15) is 0 Å². The molecule has 102 valence electrons. The molecule has 1 nitrogen and oxygen atoms in total. The van der Waals surface area contributed by atoms with Gasteiger partial charge in [-0.15, -0.1) is 0 Å². The Labute approximate surface area is 112 Å². The Balaban J connectivity index is 1.60. The summed E-state index contributed by atoms with van der Waals surface area (Å²) in [6.45, 7) is 0.933. The normalized spacial score (nSPS) is 48.2. The van der Waals surface area contributed by atoms with Crippen molar-refractivity contribution in [3.8, 4) is 0 Å². The molecule has 2 N–H and O–H groups in total. The molecule has 1 heteroatoms. The number of nitrogens with two attached hydrogens (primary N) is 1. The lowest BCUT2D eigenvalue weighted by atomic mass is 9.44. The van der Waals surface area contributed by atoms with Gasteiger partial charge in [-0.05, 0) is 86.5 Å². The highest BCUT2D eigenvalue weighted by Crippen LogP contribution is 2.65. The van der Waals surface area contributed by atoms with Gasteiger partial charge in [-0.1, -0.05) is 19.3 Å². The average Bonchev–Trinajstić information content (AvgIpc) is 2.24. The van der Waals surface area contributed by atoms with Gasteiger partial charge in [0.1, 0.15) is 0 Å². The maximum absolute atomic E-state index is 5.96. The van der Waals surface area contributed by atoms with Crippen LogP contribution in [0.5, 0.6) is 0 Å². The largest absolute Gasteiger partial charge is 0.330 e. The van der Waals surface area contributed by atoms with Gasteiger partial charge in [-0.25, -0.2) is 0 Å². The van der Waals surface area contributed by atoms with E-state index in [-0.39, 0.29) is 0 Å². The van der Waals surface area contributed by atoms with Crippen molar-refractivity contribution in [2.45, 2.75) is 64.2 Å². The van der Waals surface area contributed by atoms with E-state index < -0.39 is 0 Å². The van der Waals surface area contributed by atoms with Crippen LogP contribution in [0, 0.1) is 35.0 Å². The van der Waals surface area contributed by atoms with Crippen LogP contribution in [0.25, 0.3) is 0 Å². The first-order valence-electron chi connectivity index (χ1n) is 8.49. The van der Waals surface area contributed by atoms with Crippen molar-refractivity contribution in [3.05, 3.63) is 0 Å². The zero-order valence-electron chi connectivity index (χ0n) is 11.7. The summed E-state index contributed by atoms with van der Waals surface area (Å²) in [7, 11) is 0. The maximum Gasteiger partial charge on any atom is -0.00743 e. The molecule has 5 fully saturated rings. The van der Waals surface area contributed by atoms with Gasteiger partial charge in [0, 0.05) is 0 Å². The van der Waals surface area contributed by atoms with Gasteiger partial charge in [0.25, 0.3) is 0 Å². The zero-order chi connectivity index (χ0) is 12.2. The molecule has 0 spiro atoms. The molecule has 0 aliphatic heterocycles. The predicted molar refractivity (Wildman–Crippen MR) is 75.1 cm³/mol. The lowest BCUT2D eigenvalue weighted by Crippen LogP contribution is -2.52. The standard InChI is InChI=1S/C17H29N/c18-5-4-16(15-2-1-3-15)17-9-12-6-13(10-17)8-14(7-12)11-17/h12-16H,1-11,18H2. The maximum atomic E-state index is 5.96. The molecule has 5 saturated carbocycles. The van der Waals surface area contributed by atoms with Crippen LogP contribution in [0.4, 0.5) is 0 Å². The van der Waals surface area contributed by atoms with Crippen LogP contribution >= 0.6 is 0 Å². The van der Waals surface area contributed by atoms with Gasteiger partial charge in [-0.3, -0.25) is 0 Å². The lowest BCUT2D eigenvalue weighted by molar-refractivity contribution is -0.111. The number of hydrogen-bond donors (Lipinski definition) is 1. The van der Waals surface area contributed by atoms with Gasteiger partial charge in [0.05, 0.1) is 0 Å². The fourth-order valence-electron chi connectivity index (χ4n) is 6.70. The first kappa shape index (κ1) is 11.8. The van der Waals surface area contributed by atoms with Crippen LogP contribution in [-0.4, -0.2) is 6.54 Å². The molecule has 0 amide bonds. The number of hydrogen-bond acceptors (Lipinski definition) is 1. The molecule has 0 aromatic rings. The Morgan fingerprint density at radius 3 is 1.89 bits per heavy atom. The smallest absolute Gasteiger partial charge is 0.00743 e. The van der Waals surface area contributed by atoms with Crippen LogP contribution in [-0.2, 0) is 0 Å². The molecule has 5 aliphatic rings. The van der Waals surface area contributed by atoms with E-state index in [1.165, 1.54) is 25.7 Å². The fraction of sp³-hybridized carbons (Fsp3) is 1.00. The van der Waals surface area contributed by atoms with E-state index in [0.29, 0.717) is 0 Å². The molecule has 0 heterocycles. The van der Waals surface area contributed by atoms with E-state index in [4.69, 9.17) is 5.73 Å². The van der Waals surface area contributed by atoms with E-state index in [9.17, 15) is 0 Å². The lowest BCUT2D eigenvalue weighted by Gasteiger charge is -2.61. The molecule has 5 rings (SSSR count). The Morgan fingerprint density at radius 1 is 0.944 bits per heavy atom. The summed E-state index contributed by atoms with van der Waals surface area (Å²) in [4.78, 5) is 0. The van der Waals surface area contributed by atoms with E-state index in [1.807, 2.05) is 0 Å². The predicted octanol–water partition coefficient (Wildman–Crippen LogP) is 3.97. The average molecular weight is 247 g/mol. The Bertz CT molecular complexity index is 282. The quantitative estimate of drug-likeness (QED) is 0.799. The van der Waals surface area contributed by atoms with Crippen molar-refractivity contribution >= 4 is 0 Å². The third-order valence-electron chi connectivity index (χ3n) is 7.07. The Kier molecular flexibility index (Phi) is 2.76. The third-order valence-corrected chi connectivity index (χ3v) is 7.07. The summed E-state index contributed by atoms with van der Waals surface area (Å²) < 4.78 is 0. The van der Waals surface area contributed by atoms with Crippen molar-refractivity contribution in [3.63, 3.8) is 0 Å². The van der Waals surface area contributed by atoms with Gasteiger partial charge < -0.3 is 5.73 Å². The highest BCUT2D eigenvalue weighted by Gasteiger charge is 2.55.